The van der Waals surface area contributed by atoms with Crippen LogP contribution in [0.4, 0.5) is 5.69 Å². The van der Waals surface area contributed by atoms with E-state index in [2.05, 4.69) is 6.58 Å². The van der Waals surface area contributed by atoms with Crippen LogP contribution in [0.15, 0.2) is 30.9 Å². The zero-order valence-electron chi connectivity index (χ0n) is 8.91. The van der Waals surface area contributed by atoms with Gasteiger partial charge < -0.3 is 15.2 Å². The molecule has 0 atom stereocenters. The van der Waals surface area contributed by atoms with Crippen LogP contribution in [0.2, 0.25) is 0 Å². The molecule has 3 nitrogen and oxygen atoms in total. The van der Waals surface area contributed by atoms with Crippen molar-refractivity contribution in [1.82, 2.24) is 0 Å². The number of para-hydroxylation sites is 1. The Hall–Kier alpha value is -1.64. The topological polar surface area (TPSA) is 44.5 Å². The highest BCUT2D eigenvalue weighted by atomic mass is 16.5. The molecule has 0 saturated heterocycles. The van der Waals surface area contributed by atoms with Crippen LogP contribution in [-0.4, -0.2) is 14.2 Å². The van der Waals surface area contributed by atoms with E-state index in [-0.39, 0.29) is 0 Å². The Labute approximate surface area is 85.1 Å². The van der Waals surface area contributed by atoms with Crippen molar-refractivity contribution in [1.29, 1.82) is 0 Å². The van der Waals surface area contributed by atoms with Crippen LogP contribution in [-0.2, 0) is 0 Å². The van der Waals surface area contributed by atoms with E-state index in [1.165, 1.54) is 0 Å². The molecule has 14 heavy (non-hydrogen) atoms. The number of methoxy groups -OCH3 is 2. The van der Waals surface area contributed by atoms with Crippen LogP contribution in [0.1, 0.15) is 6.92 Å². The highest BCUT2D eigenvalue weighted by Crippen LogP contribution is 2.30. The summed E-state index contributed by atoms with van der Waals surface area (Å²) in [5, 5.41) is 0. The Morgan fingerprint density at radius 1 is 1.21 bits per heavy atom. The van der Waals surface area contributed by atoms with Gasteiger partial charge in [-0.05, 0) is 19.1 Å². The van der Waals surface area contributed by atoms with Gasteiger partial charge in [0.15, 0.2) is 0 Å². The predicted octanol–water partition coefficient (Wildman–Crippen LogP) is 2.48. The van der Waals surface area contributed by atoms with Crippen molar-refractivity contribution < 1.29 is 9.47 Å². The molecule has 0 aromatic heterocycles. The van der Waals surface area contributed by atoms with Gasteiger partial charge in [0.1, 0.15) is 17.2 Å². The van der Waals surface area contributed by atoms with Gasteiger partial charge in [-0.15, -0.1) is 6.58 Å². The van der Waals surface area contributed by atoms with Gasteiger partial charge in [0.05, 0.1) is 14.2 Å². The van der Waals surface area contributed by atoms with Crippen LogP contribution < -0.4 is 15.2 Å². The molecule has 0 radical (unpaired) electrons. The lowest BCUT2D eigenvalue weighted by molar-refractivity contribution is 0.398. The first-order chi connectivity index (χ1) is 6.71. The fraction of sp³-hybridized carbons (Fsp3) is 0.273. The number of allylic oxidation sites excluding steroid dienone is 1. The van der Waals surface area contributed by atoms with Gasteiger partial charge in [0, 0.05) is 0 Å². The molecule has 0 heterocycles. The van der Waals surface area contributed by atoms with Crippen molar-refractivity contribution >= 4 is 5.69 Å². The molecule has 0 saturated carbocycles. The third-order valence-electron chi connectivity index (χ3n) is 1.47. The Bertz CT molecular complexity index is 262. The number of nitrogen functional groups attached to an aromatic ring is 1. The van der Waals surface area contributed by atoms with E-state index >= 15 is 0 Å². The molecule has 3 heteroatoms. The minimum Gasteiger partial charge on any atom is -0.494 e. The third kappa shape index (κ3) is 3.39. The average Bonchev–Trinajstić information content (AvgIpc) is 2.19. The standard InChI is InChI=1S/C8H11NO2.C3H6/c1-10-6-4-3-5-7(11-2)8(6)9;1-3-2/h3-5H,9H2,1-2H3;3H,1H2,2H3. The molecular formula is C11H17NO2. The number of ether oxygens (including phenoxy) is 2. The summed E-state index contributed by atoms with van der Waals surface area (Å²) in [6.07, 6.45) is 1.75. The predicted molar refractivity (Wildman–Crippen MR) is 59.8 cm³/mol. The van der Waals surface area contributed by atoms with Crippen molar-refractivity contribution in [2.75, 3.05) is 20.0 Å². The summed E-state index contributed by atoms with van der Waals surface area (Å²) in [5.41, 5.74) is 6.19. The summed E-state index contributed by atoms with van der Waals surface area (Å²) >= 11 is 0. The molecule has 0 amide bonds. The first-order valence-corrected chi connectivity index (χ1v) is 4.24. The summed E-state index contributed by atoms with van der Waals surface area (Å²) in [6, 6.07) is 5.41. The van der Waals surface area contributed by atoms with E-state index in [1.54, 1.807) is 32.4 Å². The minimum atomic E-state index is 0.539. The molecular weight excluding hydrogens is 178 g/mol. The highest BCUT2D eigenvalue weighted by molar-refractivity contribution is 5.62. The first-order valence-electron chi connectivity index (χ1n) is 4.24. The van der Waals surface area contributed by atoms with Crippen molar-refractivity contribution in [3.63, 3.8) is 0 Å². The number of hydrogen-bond acceptors (Lipinski definition) is 3. The van der Waals surface area contributed by atoms with E-state index in [0.717, 1.165) is 0 Å². The van der Waals surface area contributed by atoms with Gasteiger partial charge in [-0.1, -0.05) is 12.1 Å². The van der Waals surface area contributed by atoms with Crippen LogP contribution in [0.5, 0.6) is 11.5 Å². The molecule has 0 aliphatic heterocycles. The highest BCUT2D eigenvalue weighted by Gasteiger charge is 2.03. The van der Waals surface area contributed by atoms with Gasteiger partial charge in [0.2, 0.25) is 0 Å². The van der Waals surface area contributed by atoms with Crippen molar-refractivity contribution in [2.45, 2.75) is 6.92 Å². The van der Waals surface area contributed by atoms with Crippen molar-refractivity contribution in [2.24, 2.45) is 0 Å². The molecule has 0 fully saturated rings. The van der Waals surface area contributed by atoms with E-state index in [0.29, 0.717) is 17.2 Å². The number of benzene rings is 1. The second-order valence-corrected chi connectivity index (χ2v) is 2.48. The number of nitrogens with two attached hydrogens (primary N) is 1. The summed E-state index contributed by atoms with van der Waals surface area (Å²) in [7, 11) is 3.15. The largest absolute Gasteiger partial charge is 0.494 e. The lowest BCUT2D eigenvalue weighted by Crippen LogP contribution is -1.95. The van der Waals surface area contributed by atoms with E-state index in [9.17, 15) is 0 Å². The SMILES string of the molecule is C=CC.COc1cccc(OC)c1N. The summed E-state index contributed by atoms with van der Waals surface area (Å²) in [6.45, 7) is 5.25. The Kier molecular flexibility index (Phi) is 6.03. The summed E-state index contributed by atoms with van der Waals surface area (Å²) in [4.78, 5) is 0. The molecule has 0 aliphatic carbocycles. The zero-order valence-corrected chi connectivity index (χ0v) is 8.91. The number of hydrogen-bond donors (Lipinski definition) is 1. The number of anilines is 1. The molecule has 0 unspecified atom stereocenters. The summed E-state index contributed by atoms with van der Waals surface area (Å²) in [5.74, 6) is 1.29. The lowest BCUT2D eigenvalue weighted by Gasteiger charge is -2.07. The Morgan fingerprint density at radius 3 is 1.86 bits per heavy atom. The van der Waals surface area contributed by atoms with Crippen LogP contribution >= 0.6 is 0 Å². The average molecular weight is 195 g/mol. The van der Waals surface area contributed by atoms with Gasteiger partial charge in [0.25, 0.3) is 0 Å². The van der Waals surface area contributed by atoms with Crippen molar-refractivity contribution in [3.05, 3.63) is 30.9 Å². The number of rotatable bonds is 2. The quantitative estimate of drug-likeness (QED) is 0.582. The fourth-order valence-electron chi connectivity index (χ4n) is 0.880. The molecule has 1 aromatic rings. The van der Waals surface area contributed by atoms with Crippen LogP contribution in [0.3, 0.4) is 0 Å². The molecule has 0 bridgehead atoms. The second-order valence-electron chi connectivity index (χ2n) is 2.48. The van der Waals surface area contributed by atoms with E-state index in [4.69, 9.17) is 15.2 Å². The smallest absolute Gasteiger partial charge is 0.145 e. The monoisotopic (exact) mass is 195 g/mol. The third-order valence-corrected chi connectivity index (χ3v) is 1.47. The Balaban J connectivity index is 0.000000500. The molecule has 0 spiro atoms. The maximum Gasteiger partial charge on any atom is 0.145 e. The van der Waals surface area contributed by atoms with Crippen LogP contribution in [0.25, 0.3) is 0 Å². The molecule has 1 aromatic carbocycles. The Morgan fingerprint density at radius 2 is 1.57 bits per heavy atom. The molecule has 2 N–H and O–H groups in total. The van der Waals surface area contributed by atoms with Gasteiger partial charge >= 0.3 is 0 Å². The normalized spacial score (nSPS) is 8.21. The van der Waals surface area contributed by atoms with Crippen LogP contribution in [0, 0.1) is 0 Å². The maximum absolute atomic E-state index is 5.65. The second kappa shape index (κ2) is 6.83. The summed E-state index contributed by atoms with van der Waals surface area (Å²) < 4.78 is 9.96. The van der Waals surface area contributed by atoms with Gasteiger partial charge in [-0.3, -0.25) is 0 Å². The lowest BCUT2D eigenvalue weighted by atomic mass is 10.3. The first kappa shape index (κ1) is 12.4. The molecule has 78 valence electrons. The minimum absolute atomic E-state index is 0.539. The fourth-order valence-corrected chi connectivity index (χ4v) is 0.880. The van der Waals surface area contributed by atoms with Gasteiger partial charge in [-0.25, -0.2) is 0 Å². The van der Waals surface area contributed by atoms with Crippen molar-refractivity contribution in [3.8, 4) is 11.5 Å². The van der Waals surface area contributed by atoms with E-state index < -0.39 is 0 Å². The molecule has 1 rings (SSSR count). The molecule has 0 aliphatic rings. The van der Waals surface area contributed by atoms with Gasteiger partial charge in [-0.2, -0.15) is 0 Å². The van der Waals surface area contributed by atoms with E-state index in [1.807, 2.05) is 13.0 Å². The maximum atomic E-state index is 5.65. The zero-order chi connectivity index (χ0) is 11.0.